The number of piperazine rings is 1. The fraction of sp³-hybridized carbons (Fsp3) is 0.429. The minimum absolute atomic E-state index is 0.0841. The molecule has 2 amide bonds. The number of hydrogen-bond acceptors (Lipinski definition) is 6. The number of rotatable bonds is 7. The number of carbonyl (C=O) groups is 3. The van der Waals surface area contributed by atoms with E-state index in [9.17, 15) is 14.4 Å². The largest absolute Gasteiger partial charge is 0.496 e. The molecule has 1 fully saturated rings. The Morgan fingerprint density at radius 3 is 2.83 bits per heavy atom. The summed E-state index contributed by atoms with van der Waals surface area (Å²) in [7, 11) is 1.55. The van der Waals surface area contributed by atoms with Gasteiger partial charge in [-0.15, -0.1) is 0 Å². The Morgan fingerprint density at radius 1 is 1.40 bits per heavy atom. The van der Waals surface area contributed by atoms with Crippen LogP contribution in [0.1, 0.15) is 32.3 Å². The molecular formula is C21H27N3O5S. The zero-order valence-electron chi connectivity index (χ0n) is 17.3. The number of amides is 2. The maximum absolute atomic E-state index is 12.3. The first kappa shape index (κ1) is 23.3. The van der Waals surface area contributed by atoms with Crippen LogP contribution >= 0.6 is 12.2 Å². The van der Waals surface area contributed by atoms with Crippen molar-refractivity contribution in [3.05, 3.63) is 35.9 Å². The molecule has 1 aliphatic heterocycles. The molecule has 1 aliphatic rings. The van der Waals surface area contributed by atoms with E-state index in [-0.39, 0.29) is 23.5 Å². The molecule has 162 valence electrons. The normalized spacial score (nSPS) is 17.2. The summed E-state index contributed by atoms with van der Waals surface area (Å²) in [5, 5.41) is 5.39. The van der Waals surface area contributed by atoms with E-state index in [2.05, 4.69) is 10.6 Å². The van der Waals surface area contributed by atoms with Gasteiger partial charge in [0.1, 0.15) is 11.8 Å². The molecule has 8 nitrogen and oxygen atoms in total. The zero-order valence-corrected chi connectivity index (χ0v) is 18.2. The molecule has 0 radical (unpaired) electrons. The highest BCUT2D eigenvalue weighted by molar-refractivity contribution is 7.80. The van der Waals surface area contributed by atoms with E-state index < -0.39 is 17.9 Å². The lowest BCUT2D eigenvalue weighted by atomic mass is 10.1. The summed E-state index contributed by atoms with van der Waals surface area (Å²) in [6, 6.07) is 6.44. The molecule has 2 atom stereocenters. The summed E-state index contributed by atoms with van der Waals surface area (Å²) in [5.74, 6) is -0.625. The Hall–Kier alpha value is -2.94. The van der Waals surface area contributed by atoms with Crippen molar-refractivity contribution in [3.8, 4) is 5.75 Å². The van der Waals surface area contributed by atoms with Gasteiger partial charge in [0.25, 0.3) is 0 Å². The first-order chi connectivity index (χ1) is 14.3. The van der Waals surface area contributed by atoms with E-state index in [1.165, 1.54) is 6.08 Å². The standard InChI is InChI=1S/C21H27N3O5S/c1-4-14(2)29-19(26)13-16-20(27)22-11-12-24(16)21(30)23-18(25)10-9-15-7-5-6-8-17(15)28-3/h5-10,14,16H,4,11-13H2,1-3H3,(H,22,27)(H,23,25,30)/b10-9+. The topological polar surface area (TPSA) is 97.0 Å². The maximum Gasteiger partial charge on any atom is 0.308 e. The minimum atomic E-state index is -0.832. The van der Waals surface area contributed by atoms with Gasteiger partial charge in [-0.2, -0.15) is 0 Å². The van der Waals surface area contributed by atoms with Gasteiger partial charge in [-0.3, -0.25) is 19.7 Å². The SMILES string of the molecule is CCC(C)OC(=O)CC1C(=O)NCCN1C(=S)NC(=O)/C=C/c1ccccc1OC. The van der Waals surface area contributed by atoms with Gasteiger partial charge in [0.2, 0.25) is 11.8 Å². The number of ether oxygens (including phenoxy) is 2. The van der Waals surface area contributed by atoms with Crippen LogP contribution in [0.2, 0.25) is 0 Å². The Balaban J connectivity index is 2.01. The second kappa shape index (κ2) is 11.3. The molecule has 2 rings (SSSR count). The number of carbonyl (C=O) groups excluding carboxylic acids is 3. The van der Waals surface area contributed by atoms with Crippen LogP contribution in [0.15, 0.2) is 30.3 Å². The highest BCUT2D eigenvalue weighted by Gasteiger charge is 2.34. The second-order valence-corrected chi connectivity index (χ2v) is 7.17. The quantitative estimate of drug-likeness (QED) is 0.383. The molecule has 0 spiro atoms. The number of thiocarbonyl (C=S) groups is 1. The number of esters is 1. The highest BCUT2D eigenvalue weighted by Crippen LogP contribution is 2.18. The molecule has 0 bridgehead atoms. The number of hydrogen-bond donors (Lipinski definition) is 2. The van der Waals surface area contributed by atoms with Crippen molar-refractivity contribution in [2.24, 2.45) is 0 Å². The smallest absolute Gasteiger partial charge is 0.308 e. The fourth-order valence-corrected chi connectivity index (χ4v) is 3.18. The lowest BCUT2D eigenvalue weighted by Gasteiger charge is -2.36. The van der Waals surface area contributed by atoms with E-state index in [1.54, 1.807) is 31.1 Å². The lowest BCUT2D eigenvalue weighted by Crippen LogP contribution is -2.60. The molecule has 0 saturated carbocycles. The minimum Gasteiger partial charge on any atom is -0.496 e. The van der Waals surface area contributed by atoms with Gasteiger partial charge in [0, 0.05) is 24.7 Å². The average Bonchev–Trinajstić information content (AvgIpc) is 2.73. The number of nitrogens with zero attached hydrogens (tertiary/aromatic N) is 1. The summed E-state index contributed by atoms with van der Waals surface area (Å²) >= 11 is 5.33. The van der Waals surface area contributed by atoms with Crippen LogP contribution in [0.5, 0.6) is 5.75 Å². The Bertz CT molecular complexity index is 827. The third kappa shape index (κ3) is 6.55. The second-order valence-electron chi connectivity index (χ2n) is 6.78. The van der Waals surface area contributed by atoms with Crippen molar-refractivity contribution in [2.45, 2.75) is 38.8 Å². The summed E-state index contributed by atoms with van der Waals surface area (Å²) in [6.07, 6.45) is 3.24. The molecule has 0 aromatic heterocycles. The maximum atomic E-state index is 12.3. The van der Waals surface area contributed by atoms with E-state index in [4.69, 9.17) is 21.7 Å². The molecule has 30 heavy (non-hydrogen) atoms. The van der Waals surface area contributed by atoms with Crippen molar-refractivity contribution in [2.75, 3.05) is 20.2 Å². The van der Waals surface area contributed by atoms with E-state index in [0.29, 0.717) is 25.3 Å². The van der Waals surface area contributed by atoms with Gasteiger partial charge < -0.3 is 19.7 Å². The molecule has 1 aromatic carbocycles. The van der Waals surface area contributed by atoms with Gasteiger partial charge in [-0.25, -0.2) is 0 Å². The fourth-order valence-electron chi connectivity index (χ4n) is 2.86. The molecule has 1 saturated heterocycles. The Morgan fingerprint density at radius 2 is 2.13 bits per heavy atom. The first-order valence-corrected chi connectivity index (χ1v) is 10.2. The van der Waals surface area contributed by atoms with Crippen molar-refractivity contribution in [3.63, 3.8) is 0 Å². The van der Waals surface area contributed by atoms with Crippen molar-refractivity contribution in [1.82, 2.24) is 15.5 Å². The van der Waals surface area contributed by atoms with Crippen molar-refractivity contribution in [1.29, 1.82) is 0 Å². The van der Waals surface area contributed by atoms with Crippen LogP contribution in [-0.4, -0.2) is 60.1 Å². The summed E-state index contributed by atoms with van der Waals surface area (Å²) in [6.45, 7) is 4.43. The Labute approximate surface area is 181 Å². The molecule has 2 N–H and O–H groups in total. The molecule has 9 heteroatoms. The average molecular weight is 434 g/mol. The van der Waals surface area contributed by atoms with E-state index in [0.717, 1.165) is 5.56 Å². The van der Waals surface area contributed by atoms with Gasteiger partial charge >= 0.3 is 5.97 Å². The molecule has 1 heterocycles. The lowest BCUT2D eigenvalue weighted by molar-refractivity contribution is -0.151. The summed E-state index contributed by atoms with van der Waals surface area (Å²) in [4.78, 5) is 38.3. The monoisotopic (exact) mass is 433 g/mol. The molecule has 2 unspecified atom stereocenters. The van der Waals surface area contributed by atoms with Gasteiger partial charge in [0.15, 0.2) is 5.11 Å². The molecule has 1 aromatic rings. The predicted molar refractivity (Wildman–Crippen MR) is 117 cm³/mol. The van der Waals surface area contributed by atoms with Crippen LogP contribution in [0.3, 0.4) is 0 Å². The first-order valence-electron chi connectivity index (χ1n) is 9.75. The third-order valence-electron chi connectivity index (χ3n) is 4.64. The number of methoxy groups -OCH3 is 1. The third-order valence-corrected chi connectivity index (χ3v) is 4.98. The summed E-state index contributed by atoms with van der Waals surface area (Å²) in [5.41, 5.74) is 0.740. The van der Waals surface area contributed by atoms with Crippen molar-refractivity contribution >= 4 is 41.2 Å². The number of para-hydroxylation sites is 1. The molecular weight excluding hydrogens is 406 g/mol. The number of nitrogens with one attached hydrogen (secondary N) is 2. The van der Waals surface area contributed by atoms with Gasteiger partial charge in [-0.05, 0) is 37.7 Å². The van der Waals surface area contributed by atoms with Crippen LogP contribution in [0, 0.1) is 0 Å². The zero-order chi connectivity index (χ0) is 22.1. The van der Waals surface area contributed by atoms with Crippen LogP contribution < -0.4 is 15.4 Å². The van der Waals surface area contributed by atoms with E-state index in [1.807, 2.05) is 25.1 Å². The predicted octanol–water partition coefficient (Wildman–Crippen LogP) is 1.64. The van der Waals surface area contributed by atoms with Gasteiger partial charge in [-0.1, -0.05) is 25.1 Å². The van der Waals surface area contributed by atoms with Crippen LogP contribution in [0.25, 0.3) is 6.08 Å². The molecule has 0 aliphatic carbocycles. The van der Waals surface area contributed by atoms with Crippen LogP contribution in [-0.2, 0) is 19.1 Å². The Kier molecular flexibility index (Phi) is 8.79. The van der Waals surface area contributed by atoms with Crippen LogP contribution in [0.4, 0.5) is 0 Å². The van der Waals surface area contributed by atoms with Crippen molar-refractivity contribution < 1.29 is 23.9 Å². The van der Waals surface area contributed by atoms with Gasteiger partial charge in [0.05, 0.1) is 19.6 Å². The number of benzene rings is 1. The summed E-state index contributed by atoms with van der Waals surface area (Å²) < 4.78 is 10.5. The highest BCUT2D eigenvalue weighted by atomic mass is 32.1. The van der Waals surface area contributed by atoms with E-state index >= 15 is 0 Å².